The van der Waals surface area contributed by atoms with Crippen LogP contribution in [-0.4, -0.2) is 10.7 Å². The van der Waals surface area contributed by atoms with Crippen LogP contribution in [0.25, 0.3) is 0 Å². The molecular weight excluding hydrogens is 215 g/mol. The normalized spacial score (nSPS) is 19.4. The van der Waals surface area contributed by atoms with Gasteiger partial charge in [-0.3, -0.25) is 0 Å². The van der Waals surface area contributed by atoms with Gasteiger partial charge in [0.15, 0.2) is 0 Å². The molecule has 0 atom stereocenters. The number of benzene rings is 1. The molecule has 0 heterocycles. The van der Waals surface area contributed by atoms with Crippen LogP contribution in [0.4, 0.5) is 4.39 Å². The van der Waals surface area contributed by atoms with Crippen LogP contribution in [0.3, 0.4) is 0 Å². The highest BCUT2D eigenvalue weighted by Crippen LogP contribution is 2.33. The molecule has 0 radical (unpaired) electrons. The Hall–Kier alpha value is -0.600. The van der Waals surface area contributed by atoms with Gasteiger partial charge < -0.3 is 5.11 Å². The van der Waals surface area contributed by atoms with Crippen molar-refractivity contribution >= 4 is 11.6 Å². The maximum absolute atomic E-state index is 13.4. The molecule has 1 nitrogen and oxygen atoms in total. The van der Waals surface area contributed by atoms with Gasteiger partial charge in [-0.1, -0.05) is 24.4 Å². The van der Waals surface area contributed by atoms with Gasteiger partial charge in [0, 0.05) is 11.4 Å². The molecule has 0 spiro atoms. The lowest BCUT2D eigenvalue weighted by Crippen LogP contribution is -2.27. The smallest absolute Gasteiger partial charge is 0.126 e. The Morgan fingerprint density at radius 2 is 2.00 bits per heavy atom. The fourth-order valence-corrected chi connectivity index (χ4v) is 2.44. The van der Waals surface area contributed by atoms with Crippen molar-refractivity contribution in [3.05, 3.63) is 34.6 Å². The minimum Gasteiger partial charge on any atom is -0.390 e. The lowest BCUT2D eigenvalue weighted by Gasteiger charge is -2.22. The van der Waals surface area contributed by atoms with E-state index < -0.39 is 5.60 Å². The van der Waals surface area contributed by atoms with Crippen molar-refractivity contribution in [3.63, 3.8) is 0 Å². The molecule has 3 heteroatoms. The summed E-state index contributed by atoms with van der Waals surface area (Å²) in [6, 6.07) is 4.49. The molecule has 1 saturated carbocycles. The standard InChI is InChI=1S/C12H14ClFO/c13-10-3-4-11(14)9(7-10)8-12(15)5-1-2-6-12/h3-4,7,15H,1-2,5-6,8H2. The second kappa shape index (κ2) is 4.11. The van der Waals surface area contributed by atoms with Crippen molar-refractivity contribution in [2.45, 2.75) is 37.7 Å². The Labute approximate surface area is 93.9 Å². The highest BCUT2D eigenvalue weighted by atomic mass is 35.5. The number of aliphatic hydroxyl groups is 1. The van der Waals surface area contributed by atoms with E-state index in [1.54, 1.807) is 6.07 Å². The fourth-order valence-electron chi connectivity index (χ4n) is 2.24. The Morgan fingerprint density at radius 3 is 2.67 bits per heavy atom. The zero-order valence-electron chi connectivity index (χ0n) is 8.47. The van der Waals surface area contributed by atoms with Crippen molar-refractivity contribution in [1.82, 2.24) is 0 Å². The van der Waals surface area contributed by atoms with E-state index in [-0.39, 0.29) is 5.82 Å². The third-order valence-corrected chi connectivity index (χ3v) is 3.30. The summed E-state index contributed by atoms with van der Waals surface area (Å²) in [6.07, 6.45) is 3.95. The van der Waals surface area contributed by atoms with Gasteiger partial charge in [0.25, 0.3) is 0 Å². The fraction of sp³-hybridized carbons (Fsp3) is 0.500. The molecule has 0 amide bonds. The van der Waals surface area contributed by atoms with E-state index in [2.05, 4.69) is 0 Å². The molecule has 15 heavy (non-hydrogen) atoms. The molecule has 1 N–H and O–H groups in total. The van der Waals surface area contributed by atoms with Gasteiger partial charge in [-0.05, 0) is 36.6 Å². The van der Waals surface area contributed by atoms with Gasteiger partial charge in [0.2, 0.25) is 0 Å². The average Bonchev–Trinajstić information content (AvgIpc) is 2.59. The van der Waals surface area contributed by atoms with Crippen LogP contribution >= 0.6 is 11.6 Å². The number of rotatable bonds is 2. The van der Waals surface area contributed by atoms with Crippen LogP contribution in [-0.2, 0) is 6.42 Å². The highest BCUT2D eigenvalue weighted by molar-refractivity contribution is 6.30. The van der Waals surface area contributed by atoms with Gasteiger partial charge >= 0.3 is 0 Å². The van der Waals surface area contributed by atoms with Crippen molar-refractivity contribution in [1.29, 1.82) is 0 Å². The molecule has 82 valence electrons. The van der Waals surface area contributed by atoms with E-state index in [1.165, 1.54) is 12.1 Å². The van der Waals surface area contributed by atoms with Crippen LogP contribution in [0.1, 0.15) is 31.2 Å². The van der Waals surface area contributed by atoms with Crippen molar-refractivity contribution < 1.29 is 9.50 Å². The lowest BCUT2D eigenvalue weighted by atomic mass is 9.93. The van der Waals surface area contributed by atoms with E-state index in [0.717, 1.165) is 25.7 Å². The van der Waals surface area contributed by atoms with Crippen LogP contribution in [0.2, 0.25) is 5.02 Å². The first-order valence-electron chi connectivity index (χ1n) is 5.25. The average molecular weight is 229 g/mol. The Morgan fingerprint density at radius 1 is 1.33 bits per heavy atom. The third-order valence-electron chi connectivity index (χ3n) is 3.06. The molecule has 1 aromatic carbocycles. The van der Waals surface area contributed by atoms with Gasteiger partial charge in [-0.25, -0.2) is 4.39 Å². The molecule has 2 rings (SSSR count). The van der Waals surface area contributed by atoms with Crippen molar-refractivity contribution in [3.8, 4) is 0 Å². The molecule has 1 fully saturated rings. The molecule has 0 saturated heterocycles. The second-order valence-electron chi connectivity index (χ2n) is 4.34. The molecule has 0 bridgehead atoms. The Balaban J connectivity index is 2.19. The molecule has 0 unspecified atom stereocenters. The minimum absolute atomic E-state index is 0.278. The molecule has 1 aromatic rings. The summed E-state index contributed by atoms with van der Waals surface area (Å²) in [5, 5.41) is 10.7. The lowest BCUT2D eigenvalue weighted by molar-refractivity contribution is 0.0473. The number of halogens is 2. The minimum atomic E-state index is -0.717. The van der Waals surface area contributed by atoms with E-state index >= 15 is 0 Å². The first kappa shape index (κ1) is 10.9. The largest absolute Gasteiger partial charge is 0.390 e. The van der Waals surface area contributed by atoms with Gasteiger partial charge in [0.05, 0.1) is 5.60 Å². The zero-order valence-corrected chi connectivity index (χ0v) is 9.23. The van der Waals surface area contributed by atoms with Crippen molar-refractivity contribution in [2.75, 3.05) is 0 Å². The molecule has 1 aliphatic rings. The quantitative estimate of drug-likeness (QED) is 0.823. The molecular formula is C12H14ClFO. The Kier molecular flexibility index (Phi) is 2.98. The monoisotopic (exact) mass is 228 g/mol. The maximum Gasteiger partial charge on any atom is 0.126 e. The first-order valence-corrected chi connectivity index (χ1v) is 5.63. The molecule has 1 aliphatic carbocycles. The zero-order chi connectivity index (χ0) is 10.9. The van der Waals surface area contributed by atoms with Crippen LogP contribution in [0.15, 0.2) is 18.2 Å². The van der Waals surface area contributed by atoms with Crippen molar-refractivity contribution in [2.24, 2.45) is 0 Å². The summed E-state index contributed by atoms with van der Waals surface area (Å²) in [6.45, 7) is 0. The number of hydrogen-bond donors (Lipinski definition) is 1. The summed E-state index contributed by atoms with van der Waals surface area (Å²) in [4.78, 5) is 0. The molecule has 0 aliphatic heterocycles. The van der Waals surface area contributed by atoms with E-state index in [4.69, 9.17) is 11.6 Å². The Bertz CT molecular complexity index is 359. The van der Waals surface area contributed by atoms with E-state index in [1.807, 2.05) is 0 Å². The predicted molar refractivity (Wildman–Crippen MR) is 58.5 cm³/mol. The maximum atomic E-state index is 13.4. The SMILES string of the molecule is OC1(Cc2cc(Cl)ccc2F)CCCC1. The van der Waals surface area contributed by atoms with Gasteiger partial charge in [0.1, 0.15) is 5.82 Å². The third kappa shape index (κ3) is 2.50. The van der Waals surface area contributed by atoms with Gasteiger partial charge in [-0.15, -0.1) is 0 Å². The summed E-state index contributed by atoms with van der Waals surface area (Å²) < 4.78 is 13.4. The first-order chi connectivity index (χ1) is 7.09. The second-order valence-corrected chi connectivity index (χ2v) is 4.78. The summed E-state index contributed by atoms with van der Waals surface area (Å²) >= 11 is 5.80. The van der Waals surface area contributed by atoms with E-state index in [9.17, 15) is 9.50 Å². The topological polar surface area (TPSA) is 20.2 Å². The summed E-state index contributed by atoms with van der Waals surface area (Å²) in [7, 11) is 0. The van der Waals surface area contributed by atoms with Crippen LogP contribution in [0, 0.1) is 5.82 Å². The summed E-state index contributed by atoms with van der Waals surface area (Å²) in [5.41, 5.74) is -0.196. The highest BCUT2D eigenvalue weighted by Gasteiger charge is 2.31. The molecule has 0 aromatic heterocycles. The van der Waals surface area contributed by atoms with E-state index in [0.29, 0.717) is 17.0 Å². The van der Waals surface area contributed by atoms with Gasteiger partial charge in [-0.2, -0.15) is 0 Å². The van der Waals surface area contributed by atoms with Crippen LogP contribution < -0.4 is 0 Å². The van der Waals surface area contributed by atoms with Crippen LogP contribution in [0.5, 0.6) is 0 Å². The predicted octanol–water partition coefficient (Wildman–Crippen LogP) is 3.33. The number of hydrogen-bond acceptors (Lipinski definition) is 1. The summed E-state index contributed by atoms with van der Waals surface area (Å²) in [5.74, 6) is -0.278.